The first-order chi connectivity index (χ1) is 9.86. The van der Waals surface area contributed by atoms with Gasteiger partial charge in [-0.2, -0.15) is 4.98 Å². The van der Waals surface area contributed by atoms with Crippen molar-refractivity contribution in [1.29, 1.82) is 0 Å². The van der Waals surface area contributed by atoms with E-state index < -0.39 is 0 Å². The molecular formula is C15H19N3OS. The van der Waals surface area contributed by atoms with Gasteiger partial charge in [-0.25, -0.2) is 0 Å². The topological polar surface area (TPSA) is 51.0 Å². The highest BCUT2D eigenvalue weighted by molar-refractivity contribution is 7.99. The van der Waals surface area contributed by atoms with Crippen molar-refractivity contribution >= 4 is 11.8 Å². The van der Waals surface area contributed by atoms with E-state index in [1.54, 1.807) is 0 Å². The summed E-state index contributed by atoms with van der Waals surface area (Å²) < 4.78 is 5.43. The lowest BCUT2D eigenvalue weighted by atomic mass is 10.00. The minimum atomic E-state index is 0.361. The molecule has 0 bridgehead atoms. The second kappa shape index (κ2) is 6.41. The summed E-state index contributed by atoms with van der Waals surface area (Å²) in [5, 5.41) is 7.49. The van der Waals surface area contributed by atoms with Gasteiger partial charge in [-0.15, -0.1) is 11.8 Å². The average molecular weight is 289 g/mol. The van der Waals surface area contributed by atoms with Crippen molar-refractivity contribution in [2.75, 3.05) is 18.8 Å². The van der Waals surface area contributed by atoms with Crippen LogP contribution in [0.1, 0.15) is 31.6 Å². The molecule has 1 atom stereocenters. The molecule has 1 aliphatic heterocycles. The Balaban J connectivity index is 1.75. The molecule has 1 unspecified atom stereocenters. The first-order valence-electron chi connectivity index (χ1n) is 7.14. The smallest absolute Gasteiger partial charge is 0.231 e. The zero-order chi connectivity index (χ0) is 13.8. The van der Waals surface area contributed by atoms with Crippen molar-refractivity contribution in [1.82, 2.24) is 15.5 Å². The van der Waals surface area contributed by atoms with Gasteiger partial charge in [0.05, 0.1) is 5.92 Å². The zero-order valence-corrected chi connectivity index (χ0v) is 12.4. The molecule has 1 aliphatic rings. The van der Waals surface area contributed by atoms with Crippen molar-refractivity contribution in [3.63, 3.8) is 0 Å². The van der Waals surface area contributed by atoms with Crippen molar-refractivity contribution in [2.24, 2.45) is 0 Å². The molecule has 5 heteroatoms. The molecule has 4 nitrogen and oxygen atoms in total. The minimum absolute atomic E-state index is 0.361. The van der Waals surface area contributed by atoms with Crippen LogP contribution in [0.4, 0.5) is 0 Å². The number of aromatic nitrogens is 2. The number of piperidine rings is 1. The van der Waals surface area contributed by atoms with E-state index in [1.807, 2.05) is 11.8 Å². The van der Waals surface area contributed by atoms with Gasteiger partial charge >= 0.3 is 0 Å². The van der Waals surface area contributed by atoms with Gasteiger partial charge in [-0.05, 0) is 49.4 Å². The molecule has 1 aromatic heterocycles. The van der Waals surface area contributed by atoms with Gasteiger partial charge in [0.2, 0.25) is 11.7 Å². The molecule has 3 rings (SSSR count). The molecule has 0 aliphatic carbocycles. The third-order valence-electron chi connectivity index (χ3n) is 3.51. The summed E-state index contributed by atoms with van der Waals surface area (Å²) in [5.41, 5.74) is 1.02. The SMILES string of the molecule is CCSc1ccc(-c2noc(C3CCCNC3)n2)cc1. The fraction of sp³-hybridized carbons (Fsp3) is 0.467. The lowest BCUT2D eigenvalue weighted by molar-refractivity contribution is 0.322. The van der Waals surface area contributed by atoms with Crippen LogP contribution >= 0.6 is 11.8 Å². The summed E-state index contributed by atoms with van der Waals surface area (Å²) in [6.45, 7) is 4.18. The predicted octanol–water partition coefficient (Wildman–Crippen LogP) is 3.32. The lowest BCUT2D eigenvalue weighted by Crippen LogP contribution is -2.28. The lowest BCUT2D eigenvalue weighted by Gasteiger charge is -2.18. The largest absolute Gasteiger partial charge is 0.339 e. The van der Waals surface area contributed by atoms with E-state index >= 15 is 0 Å². The maximum Gasteiger partial charge on any atom is 0.231 e. The molecule has 0 spiro atoms. The molecular weight excluding hydrogens is 270 g/mol. The van der Waals surface area contributed by atoms with Crippen LogP contribution in [-0.4, -0.2) is 29.0 Å². The molecule has 1 aromatic carbocycles. The summed E-state index contributed by atoms with van der Waals surface area (Å²) in [6.07, 6.45) is 2.30. The van der Waals surface area contributed by atoms with Crippen molar-refractivity contribution in [2.45, 2.75) is 30.6 Å². The number of hydrogen-bond acceptors (Lipinski definition) is 5. The normalized spacial score (nSPS) is 19.1. The summed E-state index contributed by atoms with van der Waals surface area (Å²) in [7, 11) is 0. The van der Waals surface area contributed by atoms with Gasteiger partial charge < -0.3 is 9.84 Å². The van der Waals surface area contributed by atoms with E-state index in [-0.39, 0.29) is 0 Å². The second-order valence-corrected chi connectivity index (χ2v) is 6.29. The van der Waals surface area contributed by atoms with Crippen LogP contribution in [0, 0.1) is 0 Å². The standard InChI is InChI=1S/C15H19N3OS/c1-2-20-13-7-5-11(6-8-13)14-17-15(19-18-14)12-4-3-9-16-10-12/h5-8,12,16H,2-4,9-10H2,1H3. The van der Waals surface area contributed by atoms with Crippen LogP contribution < -0.4 is 5.32 Å². The van der Waals surface area contributed by atoms with Crippen LogP contribution in [0.25, 0.3) is 11.4 Å². The van der Waals surface area contributed by atoms with E-state index in [4.69, 9.17) is 4.52 Å². The Morgan fingerprint density at radius 3 is 2.90 bits per heavy atom. The molecule has 2 heterocycles. The number of rotatable bonds is 4. The molecule has 20 heavy (non-hydrogen) atoms. The summed E-state index contributed by atoms with van der Waals surface area (Å²) in [6, 6.07) is 8.35. The fourth-order valence-electron chi connectivity index (χ4n) is 2.45. The van der Waals surface area contributed by atoms with E-state index in [0.717, 1.165) is 36.7 Å². The Labute approximate surface area is 123 Å². The van der Waals surface area contributed by atoms with Crippen molar-refractivity contribution in [3.8, 4) is 11.4 Å². The molecule has 1 fully saturated rings. The van der Waals surface area contributed by atoms with E-state index in [2.05, 4.69) is 46.6 Å². The maximum absolute atomic E-state index is 5.43. The van der Waals surface area contributed by atoms with E-state index in [9.17, 15) is 0 Å². The van der Waals surface area contributed by atoms with Gasteiger partial charge in [-0.3, -0.25) is 0 Å². The summed E-state index contributed by atoms with van der Waals surface area (Å²) in [5.74, 6) is 2.90. The monoisotopic (exact) mass is 289 g/mol. The van der Waals surface area contributed by atoms with Crippen LogP contribution in [0.15, 0.2) is 33.7 Å². The number of benzene rings is 1. The Morgan fingerprint density at radius 2 is 2.20 bits per heavy atom. The summed E-state index contributed by atoms with van der Waals surface area (Å²) in [4.78, 5) is 5.83. The van der Waals surface area contributed by atoms with Crippen LogP contribution in [0.2, 0.25) is 0 Å². The van der Waals surface area contributed by atoms with E-state index in [1.165, 1.54) is 11.3 Å². The van der Waals surface area contributed by atoms with Gasteiger partial charge in [0.25, 0.3) is 0 Å². The van der Waals surface area contributed by atoms with Gasteiger partial charge in [0.15, 0.2) is 0 Å². The number of hydrogen-bond donors (Lipinski definition) is 1. The Hall–Kier alpha value is -1.33. The Morgan fingerprint density at radius 1 is 1.35 bits per heavy atom. The van der Waals surface area contributed by atoms with Crippen LogP contribution in [-0.2, 0) is 0 Å². The third-order valence-corrected chi connectivity index (χ3v) is 4.41. The van der Waals surface area contributed by atoms with Crippen molar-refractivity contribution in [3.05, 3.63) is 30.2 Å². The zero-order valence-electron chi connectivity index (χ0n) is 11.6. The predicted molar refractivity (Wildman–Crippen MR) is 81.0 cm³/mol. The van der Waals surface area contributed by atoms with Crippen LogP contribution in [0.5, 0.6) is 0 Å². The second-order valence-electron chi connectivity index (χ2n) is 4.96. The average Bonchev–Trinajstić information content (AvgIpc) is 2.99. The molecule has 1 N–H and O–H groups in total. The highest BCUT2D eigenvalue weighted by atomic mass is 32.2. The van der Waals surface area contributed by atoms with Gasteiger partial charge in [-0.1, -0.05) is 12.1 Å². The molecule has 0 amide bonds. The minimum Gasteiger partial charge on any atom is -0.339 e. The number of nitrogens with zero attached hydrogens (tertiary/aromatic N) is 2. The Bertz CT molecular complexity index is 547. The first-order valence-corrected chi connectivity index (χ1v) is 8.13. The number of nitrogens with one attached hydrogen (secondary N) is 1. The highest BCUT2D eigenvalue weighted by Gasteiger charge is 2.21. The third kappa shape index (κ3) is 3.04. The number of thioether (sulfide) groups is 1. The Kier molecular flexibility index (Phi) is 4.38. The first kappa shape index (κ1) is 13.6. The molecule has 106 valence electrons. The molecule has 1 saturated heterocycles. The summed E-state index contributed by atoms with van der Waals surface area (Å²) >= 11 is 1.83. The quantitative estimate of drug-likeness (QED) is 0.875. The van der Waals surface area contributed by atoms with E-state index in [0.29, 0.717) is 11.7 Å². The maximum atomic E-state index is 5.43. The molecule has 0 radical (unpaired) electrons. The highest BCUT2D eigenvalue weighted by Crippen LogP contribution is 2.26. The molecule has 2 aromatic rings. The molecule has 0 saturated carbocycles. The fourth-order valence-corrected chi connectivity index (χ4v) is 3.11. The van der Waals surface area contributed by atoms with Gasteiger partial charge in [0, 0.05) is 17.0 Å². The van der Waals surface area contributed by atoms with Crippen molar-refractivity contribution < 1.29 is 4.52 Å². The van der Waals surface area contributed by atoms with Crippen LogP contribution in [0.3, 0.4) is 0 Å². The van der Waals surface area contributed by atoms with Gasteiger partial charge in [0.1, 0.15) is 0 Å².